The van der Waals surface area contributed by atoms with Crippen molar-refractivity contribution in [3.63, 3.8) is 0 Å². The molecule has 0 spiro atoms. The van der Waals surface area contributed by atoms with Crippen LogP contribution in [0.15, 0.2) is 28.9 Å². The summed E-state index contributed by atoms with van der Waals surface area (Å²) in [5.74, 6) is -0.0704. The highest BCUT2D eigenvalue weighted by Gasteiger charge is 2.20. The van der Waals surface area contributed by atoms with Gasteiger partial charge in [-0.3, -0.25) is 4.79 Å². The molecule has 18 heavy (non-hydrogen) atoms. The van der Waals surface area contributed by atoms with Crippen molar-refractivity contribution in [2.45, 2.75) is 6.92 Å². The van der Waals surface area contributed by atoms with Gasteiger partial charge in [0.2, 0.25) is 0 Å². The van der Waals surface area contributed by atoms with Gasteiger partial charge in [-0.05, 0) is 19.1 Å². The van der Waals surface area contributed by atoms with Crippen molar-refractivity contribution in [3.05, 3.63) is 41.5 Å². The van der Waals surface area contributed by atoms with Gasteiger partial charge in [-0.1, -0.05) is 11.2 Å². The SMILES string of the molecule is Cc1[nH]c2cccc(F)c2c1-c1oncc1C=O. The van der Waals surface area contributed by atoms with Crippen molar-refractivity contribution < 1.29 is 13.7 Å². The molecule has 1 aromatic carbocycles. The summed E-state index contributed by atoms with van der Waals surface area (Å²) in [5, 5.41) is 4.00. The molecule has 0 aliphatic rings. The second-order valence-corrected chi connectivity index (χ2v) is 4.02. The molecule has 3 aromatic rings. The van der Waals surface area contributed by atoms with Gasteiger partial charge in [0, 0.05) is 16.6 Å². The Balaban J connectivity index is 2.42. The molecule has 90 valence electrons. The lowest BCUT2D eigenvalue weighted by Crippen LogP contribution is -1.84. The summed E-state index contributed by atoms with van der Waals surface area (Å²) < 4.78 is 19.0. The van der Waals surface area contributed by atoms with Crippen molar-refractivity contribution in [1.29, 1.82) is 0 Å². The zero-order chi connectivity index (χ0) is 12.7. The molecule has 5 heteroatoms. The third-order valence-electron chi connectivity index (χ3n) is 2.91. The van der Waals surface area contributed by atoms with E-state index in [1.165, 1.54) is 12.3 Å². The summed E-state index contributed by atoms with van der Waals surface area (Å²) >= 11 is 0. The molecule has 0 saturated carbocycles. The molecule has 0 radical (unpaired) electrons. The third kappa shape index (κ3) is 1.37. The van der Waals surface area contributed by atoms with Crippen LogP contribution < -0.4 is 0 Å². The number of hydrogen-bond acceptors (Lipinski definition) is 3. The van der Waals surface area contributed by atoms with Gasteiger partial charge < -0.3 is 9.51 Å². The van der Waals surface area contributed by atoms with Crippen LogP contribution in [0.3, 0.4) is 0 Å². The smallest absolute Gasteiger partial charge is 0.179 e. The average Bonchev–Trinajstić information content (AvgIpc) is 2.92. The van der Waals surface area contributed by atoms with E-state index in [0.717, 1.165) is 5.69 Å². The highest BCUT2D eigenvalue weighted by Crippen LogP contribution is 2.35. The average molecular weight is 244 g/mol. The Morgan fingerprint density at radius 3 is 3.06 bits per heavy atom. The van der Waals surface area contributed by atoms with Crippen LogP contribution in [-0.2, 0) is 0 Å². The van der Waals surface area contributed by atoms with E-state index >= 15 is 0 Å². The van der Waals surface area contributed by atoms with Crippen LogP contribution in [0.25, 0.3) is 22.2 Å². The summed E-state index contributed by atoms with van der Waals surface area (Å²) in [6.45, 7) is 1.80. The maximum Gasteiger partial charge on any atom is 0.179 e. The first-order valence-corrected chi connectivity index (χ1v) is 5.39. The zero-order valence-corrected chi connectivity index (χ0v) is 9.53. The Bertz CT molecular complexity index is 743. The summed E-state index contributed by atoms with van der Waals surface area (Å²) in [7, 11) is 0. The Labute approximate surface area is 101 Å². The fraction of sp³-hybridized carbons (Fsp3) is 0.0769. The topological polar surface area (TPSA) is 58.9 Å². The van der Waals surface area contributed by atoms with E-state index in [-0.39, 0.29) is 5.82 Å². The van der Waals surface area contributed by atoms with Crippen LogP contribution in [0.1, 0.15) is 16.1 Å². The minimum atomic E-state index is -0.361. The lowest BCUT2D eigenvalue weighted by Gasteiger charge is -1.98. The molecule has 3 rings (SSSR count). The molecule has 4 nitrogen and oxygen atoms in total. The number of aromatic amines is 1. The van der Waals surface area contributed by atoms with Crippen molar-refractivity contribution in [3.8, 4) is 11.3 Å². The molecule has 0 bridgehead atoms. The summed E-state index contributed by atoms with van der Waals surface area (Å²) in [4.78, 5) is 14.0. The van der Waals surface area contributed by atoms with E-state index in [4.69, 9.17) is 4.52 Å². The Hall–Kier alpha value is -2.43. The third-order valence-corrected chi connectivity index (χ3v) is 2.91. The first-order chi connectivity index (χ1) is 8.72. The predicted molar refractivity (Wildman–Crippen MR) is 63.9 cm³/mol. The van der Waals surface area contributed by atoms with Gasteiger partial charge in [0.05, 0.1) is 17.3 Å². The van der Waals surface area contributed by atoms with Crippen LogP contribution >= 0.6 is 0 Å². The Morgan fingerprint density at radius 2 is 2.28 bits per heavy atom. The highest BCUT2D eigenvalue weighted by molar-refractivity contribution is 6.00. The number of benzene rings is 1. The van der Waals surface area contributed by atoms with E-state index in [1.807, 2.05) is 0 Å². The molecular weight excluding hydrogens is 235 g/mol. The molecule has 0 unspecified atom stereocenters. The molecule has 0 fully saturated rings. The number of halogens is 1. The number of rotatable bonds is 2. The second kappa shape index (κ2) is 3.80. The van der Waals surface area contributed by atoms with E-state index in [0.29, 0.717) is 34.1 Å². The molecule has 2 aromatic heterocycles. The van der Waals surface area contributed by atoms with Gasteiger partial charge in [0.15, 0.2) is 12.0 Å². The van der Waals surface area contributed by atoms with Crippen LogP contribution in [0, 0.1) is 12.7 Å². The number of nitrogens with one attached hydrogen (secondary N) is 1. The largest absolute Gasteiger partial charge is 0.358 e. The van der Waals surface area contributed by atoms with Crippen molar-refractivity contribution >= 4 is 17.2 Å². The fourth-order valence-corrected chi connectivity index (χ4v) is 2.14. The van der Waals surface area contributed by atoms with Crippen LogP contribution in [0.5, 0.6) is 0 Å². The monoisotopic (exact) mass is 244 g/mol. The number of fused-ring (bicyclic) bond motifs is 1. The standard InChI is InChI=1S/C13H9FN2O2/c1-7-11(13-8(6-17)5-15-18-13)12-9(14)3-2-4-10(12)16-7/h2-6,16H,1H3. The van der Waals surface area contributed by atoms with Crippen molar-refractivity contribution in [2.75, 3.05) is 0 Å². The normalized spacial score (nSPS) is 11.0. The number of nitrogens with zero attached hydrogens (tertiary/aromatic N) is 1. The number of carbonyl (C=O) groups is 1. The van der Waals surface area contributed by atoms with E-state index < -0.39 is 0 Å². The van der Waals surface area contributed by atoms with Gasteiger partial charge in [0.1, 0.15) is 5.82 Å². The fourth-order valence-electron chi connectivity index (χ4n) is 2.14. The minimum absolute atomic E-state index is 0.291. The number of hydrogen-bond donors (Lipinski definition) is 1. The highest BCUT2D eigenvalue weighted by atomic mass is 19.1. The Kier molecular flexibility index (Phi) is 2.26. The number of carbonyl (C=O) groups excluding carboxylic acids is 1. The van der Waals surface area contributed by atoms with E-state index in [9.17, 15) is 9.18 Å². The minimum Gasteiger partial charge on any atom is -0.358 e. The van der Waals surface area contributed by atoms with Crippen LogP contribution in [0.2, 0.25) is 0 Å². The lowest BCUT2D eigenvalue weighted by molar-refractivity contribution is 0.112. The number of aldehydes is 1. The maximum absolute atomic E-state index is 13.9. The number of aryl methyl sites for hydroxylation is 1. The predicted octanol–water partition coefficient (Wildman–Crippen LogP) is 3.08. The molecule has 1 N–H and O–H groups in total. The van der Waals surface area contributed by atoms with Gasteiger partial charge in [-0.25, -0.2) is 4.39 Å². The summed E-state index contributed by atoms with van der Waals surface area (Å²) in [6, 6.07) is 4.76. The summed E-state index contributed by atoms with van der Waals surface area (Å²) in [6.07, 6.45) is 1.96. The maximum atomic E-state index is 13.9. The molecule has 0 aliphatic carbocycles. The molecule has 0 amide bonds. The second-order valence-electron chi connectivity index (χ2n) is 4.02. The van der Waals surface area contributed by atoms with E-state index in [2.05, 4.69) is 10.1 Å². The molecular formula is C13H9FN2O2. The summed E-state index contributed by atoms with van der Waals surface area (Å²) in [5.41, 5.74) is 2.25. The van der Waals surface area contributed by atoms with Gasteiger partial charge >= 0.3 is 0 Å². The lowest BCUT2D eigenvalue weighted by atomic mass is 10.1. The van der Waals surface area contributed by atoms with Gasteiger partial charge in [-0.15, -0.1) is 0 Å². The zero-order valence-electron chi connectivity index (χ0n) is 9.53. The van der Waals surface area contributed by atoms with Gasteiger partial charge in [-0.2, -0.15) is 0 Å². The van der Waals surface area contributed by atoms with E-state index in [1.54, 1.807) is 19.1 Å². The van der Waals surface area contributed by atoms with Crippen LogP contribution in [0.4, 0.5) is 4.39 Å². The quantitative estimate of drug-likeness (QED) is 0.705. The first kappa shape index (κ1) is 10.7. The molecule has 0 aliphatic heterocycles. The molecule has 0 saturated heterocycles. The first-order valence-electron chi connectivity index (χ1n) is 5.39. The number of aromatic nitrogens is 2. The molecule has 2 heterocycles. The molecule has 0 atom stereocenters. The van der Waals surface area contributed by atoms with Crippen molar-refractivity contribution in [1.82, 2.24) is 10.1 Å². The van der Waals surface area contributed by atoms with Gasteiger partial charge in [0.25, 0.3) is 0 Å². The number of H-pyrrole nitrogens is 1. The van der Waals surface area contributed by atoms with Crippen molar-refractivity contribution in [2.24, 2.45) is 0 Å². The Morgan fingerprint density at radius 1 is 1.44 bits per heavy atom. The van der Waals surface area contributed by atoms with Crippen LogP contribution in [-0.4, -0.2) is 16.4 Å².